The summed E-state index contributed by atoms with van der Waals surface area (Å²) in [6.07, 6.45) is 7.79. The van der Waals surface area contributed by atoms with E-state index in [1.165, 1.54) is 31.4 Å². The first-order valence-electron chi connectivity index (χ1n) is 10.2. The molecule has 1 fully saturated rings. The van der Waals surface area contributed by atoms with Crippen molar-refractivity contribution in [3.8, 4) is 11.1 Å². The Kier molecular flexibility index (Phi) is 6.70. The molecule has 0 amide bonds. The van der Waals surface area contributed by atoms with Crippen molar-refractivity contribution in [3.63, 3.8) is 0 Å². The van der Waals surface area contributed by atoms with Crippen molar-refractivity contribution in [3.05, 3.63) is 70.2 Å². The highest BCUT2D eigenvalue weighted by atomic mass is 35.5. The summed E-state index contributed by atoms with van der Waals surface area (Å²) >= 11 is 12.7. The van der Waals surface area contributed by atoms with Gasteiger partial charge in [0.15, 0.2) is 0 Å². The zero-order valence-corrected chi connectivity index (χ0v) is 18.0. The largest absolute Gasteiger partial charge is 0.367 e. The summed E-state index contributed by atoms with van der Waals surface area (Å²) < 4.78 is 13.4. The Labute approximate surface area is 185 Å². The van der Waals surface area contributed by atoms with Gasteiger partial charge in [0.1, 0.15) is 22.6 Å². The fraction of sp³-hybridized carbons (Fsp3) is 0.304. The number of rotatable bonds is 6. The summed E-state index contributed by atoms with van der Waals surface area (Å²) in [5, 5.41) is 7.63. The zero-order chi connectivity index (χ0) is 20.9. The Morgan fingerprint density at radius 2 is 1.83 bits per heavy atom. The summed E-state index contributed by atoms with van der Waals surface area (Å²) in [5.41, 5.74) is 2.50. The highest BCUT2D eigenvalue weighted by molar-refractivity contribution is 6.33. The van der Waals surface area contributed by atoms with Crippen LogP contribution in [0.15, 0.2) is 48.7 Å². The van der Waals surface area contributed by atoms with Crippen LogP contribution in [0.25, 0.3) is 11.1 Å². The van der Waals surface area contributed by atoms with Gasteiger partial charge in [0, 0.05) is 24.3 Å². The van der Waals surface area contributed by atoms with E-state index in [4.69, 9.17) is 23.2 Å². The van der Waals surface area contributed by atoms with Gasteiger partial charge in [0.05, 0.1) is 5.02 Å². The molecular weight excluding hydrogens is 422 g/mol. The maximum atomic E-state index is 13.4. The monoisotopic (exact) mass is 444 g/mol. The van der Waals surface area contributed by atoms with Crippen LogP contribution in [-0.4, -0.2) is 16.0 Å². The van der Waals surface area contributed by atoms with E-state index in [0.29, 0.717) is 28.6 Å². The first kappa shape index (κ1) is 20.9. The van der Waals surface area contributed by atoms with Gasteiger partial charge in [0.2, 0.25) is 0 Å². The van der Waals surface area contributed by atoms with Gasteiger partial charge in [0.25, 0.3) is 0 Å². The van der Waals surface area contributed by atoms with Gasteiger partial charge >= 0.3 is 0 Å². The molecule has 0 spiro atoms. The molecule has 0 saturated heterocycles. The summed E-state index contributed by atoms with van der Waals surface area (Å²) in [4.78, 5) is 8.77. The fourth-order valence-corrected chi connectivity index (χ4v) is 4.20. The second kappa shape index (κ2) is 9.63. The van der Waals surface area contributed by atoms with Crippen molar-refractivity contribution in [1.29, 1.82) is 0 Å². The number of nitrogens with one attached hydrogen (secondary N) is 2. The SMILES string of the molecule is Fc1cccc(CNc2cc(-c3cc(NC4CCCCC4)ncc3Cl)cc(Cl)n2)c1. The lowest BCUT2D eigenvalue weighted by molar-refractivity contribution is 0.462. The lowest BCUT2D eigenvalue weighted by Gasteiger charge is -2.23. The third-order valence-electron chi connectivity index (χ3n) is 5.28. The second-order valence-corrected chi connectivity index (χ2v) is 8.37. The number of benzene rings is 1. The van der Waals surface area contributed by atoms with Gasteiger partial charge in [-0.1, -0.05) is 54.6 Å². The minimum Gasteiger partial charge on any atom is -0.367 e. The first-order chi connectivity index (χ1) is 14.6. The van der Waals surface area contributed by atoms with Crippen molar-refractivity contribution in [2.75, 3.05) is 10.6 Å². The topological polar surface area (TPSA) is 49.8 Å². The molecule has 0 aliphatic heterocycles. The van der Waals surface area contributed by atoms with Gasteiger partial charge in [-0.3, -0.25) is 0 Å². The van der Waals surface area contributed by atoms with Crippen LogP contribution < -0.4 is 10.6 Å². The Balaban J connectivity index is 1.54. The van der Waals surface area contributed by atoms with E-state index < -0.39 is 0 Å². The summed E-state index contributed by atoms with van der Waals surface area (Å²) in [7, 11) is 0. The van der Waals surface area contributed by atoms with E-state index in [9.17, 15) is 4.39 Å². The maximum Gasteiger partial charge on any atom is 0.132 e. The molecule has 1 aliphatic rings. The summed E-state index contributed by atoms with van der Waals surface area (Å²) in [5.74, 6) is 1.13. The highest BCUT2D eigenvalue weighted by Crippen LogP contribution is 2.33. The van der Waals surface area contributed by atoms with Crippen molar-refractivity contribution >= 4 is 34.8 Å². The zero-order valence-electron chi connectivity index (χ0n) is 16.5. The molecule has 1 aromatic carbocycles. The number of hydrogen-bond acceptors (Lipinski definition) is 4. The van der Waals surface area contributed by atoms with Crippen LogP contribution in [0.3, 0.4) is 0 Å². The lowest BCUT2D eigenvalue weighted by Crippen LogP contribution is -2.22. The average Bonchev–Trinajstić information content (AvgIpc) is 2.74. The predicted octanol–water partition coefficient (Wildman–Crippen LogP) is 6.95. The van der Waals surface area contributed by atoms with Crippen LogP contribution >= 0.6 is 23.2 Å². The molecule has 0 bridgehead atoms. The molecular formula is C23H23Cl2FN4. The summed E-state index contributed by atoms with van der Waals surface area (Å²) in [6, 6.07) is 12.5. The first-order valence-corrected chi connectivity index (χ1v) is 10.9. The van der Waals surface area contributed by atoms with Crippen LogP contribution in [-0.2, 0) is 6.54 Å². The molecule has 2 N–H and O–H groups in total. The molecule has 156 valence electrons. The second-order valence-electron chi connectivity index (χ2n) is 7.58. The molecule has 3 aromatic rings. The normalized spacial score (nSPS) is 14.5. The number of nitrogens with zero attached hydrogens (tertiary/aromatic N) is 2. The van der Waals surface area contributed by atoms with Crippen LogP contribution in [0.2, 0.25) is 10.2 Å². The molecule has 4 rings (SSSR count). The molecule has 30 heavy (non-hydrogen) atoms. The van der Waals surface area contributed by atoms with Crippen molar-refractivity contribution < 1.29 is 4.39 Å². The Morgan fingerprint density at radius 3 is 2.63 bits per heavy atom. The number of anilines is 2. The van der Waals surface area contributed by atoms with E-state index in [1.807, 2.05) is 18.2 Å². The van der Waals surface area contributed by atoms with E-state index in [1.54, 1.807) is 18.3 Å². The van der Waals surface area contributed by atoms with Crippen LogP contribution in [0, 0.1) is 5.82 Å². The molecule has 4 nitrogen and oxygen atoms in total. The minimum absolute atomic E-state index is 0.268. The highest BCUT2D eigenvalue weighted by Gasteiger charge is 2.15. The van der Waals surface area contributed by atoms with Gasteiger partial charge in [-0.2, -0.15) is 0 Å². The number of halogens is 3. The maximum absolute atomic E-state index is 13.4. The smallest absolute Gasteiger partial charge is 0.132 e. The molecule has 1 saturated carbocycles. The van der Waals surface area contributed by atoms with E-state index >= 15 is 0 Å². The molecule has 2 heterocycles. The number of hydrogen-bond donors (Lipinski definition) is 2. The van der Waals surface area contributed by atoms with Gasteiger partial charge in [-0.25, -0.2) is 14.4 Å². The summed E-state index contributed by atoms with van der Waals surface area (Å²) in [6.45, 7) is 0.434. The molecule has 0 atom stereocenters. The fourth-order valence-electron chi connectivity index (χ4n) is 3.78. The van der Waals surface area contributed by atoms with Crippen molar-refractivity contribution in [2.45, 2.75) is 44.7 Å². The predicted molar refractivity (Wildman–Crippen MR) is 122 cm³/mol. The van der Waals surface area contributed by atoms with Gasteiger partial charge < -0.3 is 10.6 Å². The average molecular weight is 445 g/mol. The molecule has 0 radical (unpaired) electrons. The van der Waals surface area contributed by atoms with E-state index in [-0.39, 0.29) is 5.82 Å². The molecule has 7 heteroatoms. The number of pyridine rings is 2. The minimum atomic E-state index is -0.268. The van der Waals surface area contributed by atoms with Crippen LogP contribution in [0.1, 0.15) is 37.7 Å². The van der Waals surface area contributed by atoms with Crippen LogP contribution in [0.4, 0.5) is 16.0 Å². The van der Waals surface area contributed by atoms with Crippen LogP contribution in [0.5, 0.6) is 0 Å². The molecule has 2 aromatic heterocycles. The molecule has 0 unspecified atom stereocenters. The van der Waals surface area contributed by atoms with Crippen molar-refractivity contribution in [2.24, 2.45) is 0 Å². The Morgan fingerprint density at radius 1 is 1.00 bits per heavy atom. The van der Waals surface area contributed by atoms with Gasteiger partial charge in [-0.05, 0) is 54.3 Å². The Hall–Kier alpha value is -2.37. The molecule has 1 aliphatic carbocycles. The number of aromatic nitrogens is 2. The Bertz CT molecular complexity index is 1020. The lowest BCUT2D eigenvalue weighted by atomic mass is 9.95. The van der Waals surface area contributed by atoms with Crippen molar-refractivity contribution in [1.82, 2.24) is 9.97 Å². The third kappa shape index (κ3) is 5.41. The van der Waals surface area contributed by atoms with Gasteiger partial charge in [-0.15, -0.1) is 0 Å². The standard InChI is InChI=1S/C23H23Cl2FN4/c24-20-14-28-23(29-18-7-2-1-3-8-18)12-19(20)16-10-21(25)30-22(11-16)27-13-15-5-4-6-17(26)9-15/h4-6,9-12,14,18H,1-3,7-8,13H2,(H,27,30)(H,28,29). The van der Waals surface area contributed by atoms with E-state index in [2.05, 4.69) is 20.6 Å². The van der Waals surface area contributed by atoms with E-state index in [0.717, 1.165) is 35.3 Å². The quantitative estimate of drug-likeness (QED) is 0.403. The third-order valence-corrected chi connectivity index (χ3v) is 5.78.